The van der Waals surface area contributed by atoms with Crippen LogP contribution in [0.4, 0.5) is 5.13 Å². The topological polar surface area (TPSA) is 24.9 Å². The first-order valence-electron chi connectivity index (χ1n) is 4.66. The van der Waals surface area contributed by atoms with Gasteiger partial charge in [0.05, 0.1) is 0 Å². The summed E-state index contributed by atoms with van der Waals surface area (Å²) in [6, 6.07) is 10.4. The maximum absolute atomic E-state index is 4.35. The average molecular weight is 283 g/mol. The molecule has 15 heavy (non-hydrogen) atoms. The number of rotatable bonds is 3. The third-order valence-electron chi connectivity index (χ3n) is 2.07. The van der Waals surface area contributed by atoms with Gasteiger partial charge in [0.2, 0.25) is 0 Å². The predicted molar refractivity (Wildman–Crippen MR) is 68.6 cm³/mol. The van der Waals surface area contributed by atoms with Crippen LogP contribution in [-0.4, -0.2) is 12.0 Å². The molecule has 0 aliphatic rings. The maximum Gasteiger partial charge on any atom is 0.183 e. The average Bonchev–Trinajstić information content (AvgIpc) is 2.61. The Morgan fingerprint density at radius 3 is 2.67 bits per heavy atom. The van der Waals surface area contributed by atoms with E-state index in [0.717, 1.165) is 16.2 Å². The van der Waals surface area contributed by atoms with Crippen molar-refractivity contribution in [3.63, 3.8) is 0 Å². The minimum atomic E-state index is 0.931. The van der Waals surface area contributed by atoms with Crippen LogP contribution in [0.2, 0.25) is 0 Å². The number of hydrogen-bond donors (Lipinski definition) is 1. The molecule has 0 aliphatic heterocycles. The molecule has 0 bridgehead atoms. The highest BCUT2D eigenvalue weighted by atomic mass is 79.9. The van der Waals surface area contributed by atoms with E-state index in [4.69, 9.17) is 0 Å². The summed E-state index contributed by atoms with van der Waals surface area (Å²) >= 11 is 5.16. The Kier molecular flexibility index (Phi) is 3.38. The molecule has 0 fully saturated rings. The summed E-state index contributed by atoms with van der Waals surface area (Å²) in [5.41, 5.74) is 1.31. The molecule has 0 saturated heterocycles. The second kappa shape index (κ2) is 4.77. The normalized spacial score (nSPS) is 10.3. The van der Waals surface area contributed by atoms with Crippen molar-refractivity contribution in [3.8, 4) is 0 Å². The van der Waals surface area contributed by atoms with Gasteiger partial charge in [-0.1, -0.05) is 30.3 Å². The number of anilines is 1. The molecule has 78 valence electrons. The number of halogens is 1. The fourth-order valence-electron chi connectivity index (χ4n) is 1.33. The lowest BCUT2D eigenvalue weighted by molar-refractivity contribution is 1.19. The quantitative estimate of drug-likeness (QED) is 0.932. The van der Waals surface area contributed by atoms with Gasteiger partial charge in [0.1, 0.15) is 4.60 Å². The van der Waals surface area contributed by atoms with Crippen molar-refractivity contribution < 1.29 is 0 Å². The molecule has 0 spiro atoms. The molecule has 4 heteroatoms. The third kappa shape index (κ3) is 2.58. The van der Waals surface area contributed by atoms with Gasteiger partial charge in [-0.15, -0.1) is 11.3 Å². The van der Waals surface area contributed by atoms with Gasteiger partial charge in [-0.05, 0) is 21.5 Å². The molecule has 1 N–H and O–H groups in total. The molecule has 0 aliphatic carbocycles. The molecule has 1 heterocycles. The Labute approximate surface area is 101 Å². The number of hydrogen-bond acceptors (Lipinski definition) is 3. The smallest absolute Gasteiger partial charge is 0.183 e. The van der Waals surface area contributed by atoms with Crippen molar-refractivity contribution in [3.05, 3.63) is 45.4 Å². The first kappa shape index (κ1) is 10.6. The van der Waals surface area contributed by atoms with E-state index >= 15 is 0 Å². The molecule has 1 aromatic heterocycles. The van der Waals surface area contributed by atoms with E-state index in [9.17, 15) is 0 Å². The fourth-order valence-corrected chi connectivity index (χ4v) is 2.85. The van der Waals surface area contributed by atoms with E-state index in [1.165, 1.54) is 10.4 Å². The van der Waals surface area contributed by atoms with Gasteiger partial charge in [0.15, 0.2) is 5.13 Å². The van der Waals surface area contributed by atoms with E-state index < -0.39 is 0 Å². The molecule has 0 amide bonds. The van der Waals surface area contributed by atoms with E-state index in [2.05, 4.69) is 50.5 Å². The summed E-state index contributed by atoms with van der Waals surface area (Å²) in [7, 11) is 1.89. The van der Waals surface area contributed by atoms with E-state index in [1.807, 2.05) is 13.1 Å². The molecule has 2 aromatic rings. The van der Waals surface area contributed by atoms with Gasteiger partial charge in [-0.25, -0.2) is 4.98 Å². The number of aromatic nitrogens is 1. The van der Waals surface area contributed by atoms with Crippen LogP contribution in [0.25, 0.3) is 0 Å². The van der Waals surface area contributed by atoms with Gasteiger partial charge in [-0.3, -0.25) is 0 Å². The van der Waals surface area contributed by atoms with Gasteiger partial charge < -0.3 is 5.32 Å². The molecular formula is C11H11BrN2S. The standard InChI is InChI=1S/C11H11BrN2S/c1-13-11-14-10(12)9(15-11)7-8-5-3-2-4-6-8/h2-6H,7H2,1H3,(H,13,14). The van der Waals surface area contributed by atoms with E-state index in [-0.39, 0.29) is 0 Å². The van der Waals surface area contributed by atoms with Crippen molar-refractivity contribution >= 4 is 32.4 Å². The van der Waals surface area contributed by atoms with Crippen LogP contribution in [0.3, 0.4) is 0 Å². The molecule has 2 nitrogen and oxygen atoms in total. The van der Waals surface area contributed by atoms with E-state index in [0.29, 0.717) is 0 Å². The van der Waals surface area contributed by atoms with E-state index in [1.54, 1.807) is 11.3 Å². The summed E-state index contributed by atoms with van der Waals surface area (Å²) in [6.45, 7) is 0. The Balaban J connectivity index is 2.21. The van der Waals surface area contributed by atoms with Crippen LogP contribution < -0.4 is 5.32 Å². The second-order valence-electron chi connectivity index (χ2n) is 3.15. The Morgan fingerprint density at radius 1 is 1.33 bits per heavy atom. The van der Waals surface area contributed by atoms with Crippen LogP contribution in [-0.2, 0) is 6.42 Å². The Morgan fingerprint density at radius 2 is 2.07 bits per heavy atom. The molecule has 0 saturated carbocycles. The van der Waals surface area contributed by atoms with Crippen LogP contribution in [0.15, 0.2) is 34.9 Å². The zero-order chi connectivity index (χ0) is 10.7. The van der Waals surface area contributed by atoms with Crippen molar-refractivity contribution in [1.29, 1.82) is 0 Å². The summed E-state index contributed by atoms with van der Waals surface area (Å²) in [6.07, 6.45) is 0.931. The number of thiazole rings is 1. The minimum Gasteiger partial charge on any atom is -0.365 e. The number of nitrogens with one attached hydrogen (secondary N) is 1. The maximum atomic E-state index is 4.35. The van der Waals surface area contributed by atoms with Crippen LogP contribution in [0, 0.1) is 0 Å². The zero-order valence-electron chi connectivity index (χ0n) is 8.33. The lowest BCUT2D eigenvalue weighted by Gasteiger charge is -1.97. The third-order valence-corrected chi connectivity index (χ3v) is 4.06. The minimum absolute atomic E-state index is 0.931. The molecule has 1 aromatic carbocycles. The second-order valence-corrected chi connectivity index (χ2v) is 4.98. The summed E-state index contributed by atoms with van der Waals surface area (Å²) in [5, 5.41) is 4.00. The van der Waals surface area contributed by atoms with Crippen LogP contribution in [0.1, 0.15) is 10.4 Å². The summed E-state index contributed by atoms with van der Waals surface area (Å²) in [5.74, 6) is 0. The van der Waals surface area contributed by atoms with Crippen LogP contribution in [0.5, 0.6) is 0 Å². The van der Waals surface area contributed by atoms with Crippen LogP contribution >= 0.6 is 27.3 Å². The Hall–Kier alpha value is -0.870. The first-order valence-corrected chi connectivity index (χ1v) is 6.27. The highest BCUT2D eigenvalue weighted by Crippen LogP contribution is 2.28. The highest BCUT2D eigenvalue weighted by molar-refractivity contribution is 9.10. The molecular weight excluding hydrogens is 272 g/mol. The predicted octanol–water partition coefficient (Wildman–Crippen LogP) is 3.54. The fraction of sp³-hybridized carbons (Fsp3) is 0.182. The monoisotopic (exact) mass is 282 g/mol. The zero-order valence-corrected chi connectivity index (χ0v) is 10.7. The molecule has 0 unspecified atom stereocenters. The largest absolute Gasteiger partial charge is 0.365 e. The molecule has 2 rings (SSSR count). The van der Waals surface area contributed by atoms with Crippen molar-refractivity contribution in [2.45, 2.75) is 6.42 Å². The van der Waals surface area contributed by atoms with Crippen molar-refractivity contribution in [1.82, 2.24) is 4.98 Å². The summed E-state index contributed by atoms with van der Waals surface area (Å²) in [4.78, 5) is 5.60. The number of nitrogens with zero attached hydrogens (tertiary/aromatic N) is 1. The van der Waals surface area contributed by atoms with Gasteiger partial charge in [0.25, 0.3) is 0 Å². The van der Waals surface area contributed by atoms with Gasteiger partial charge >= 0.3 is 0 Å². The summed E-state index contributed by atoms with van der Waals surface area (Å²) < 4.78 is 0.945. The first-order chi connectivity index (χ1) is 7.29. The molecule has 0 radical (unpaired) electrons. The highest BCUT2D eigenvalue weighted by Gasteiger charge is 2.07. The van der Waals surface area contributed by atoms with Gasteiger partial charge in [-0.2, -0.15) is 0 Å². The van der Waals surface area contributed by atoms with Gasteiger partial charge in [0, 0.05) is 18.3 Å². The SMILES string of the molecule is CNc1nc(Br)c(Cc2ccccc2)s1. The lowest BCUT2D eigenvalue weighted by atomic mass is 10.1. The Bertz CT molecular complexity index is 439. The van der Waals surface area contributed by atoms with Crippen molar-refractivity contribution in [2.24, 2.45) is 0 Å². The molecule has 0 atom stereocenters. The number of benzene rings is 1. The van der Waals surface area contributed by atoms with Crippen molar-refractivity contribution in [2.75, 3.05) is 12.4 Å². The lowest BCUT2D eigenvalue weighted by Crippen LogP contribution is -1.84.